The van der Waals surface area contributed by atoms with Crippen molar-refractivity contribution in [3.05, 3.63) is 30.1 Å². The maximum atomic E-state index is 12.8. The highest BCUT2D eigenvalue weighted by Gasteiger charge is 2.13. The molecule has 1 aliphatic rings. The number of halogens is 1. The topological polar surface area (TPSA) is 9.23 Å². The van der Waals surface area contributed by atoms with Crippen LogP contribution in [0.15, 0.2) is 18.2 Å². The van der Waals surface area contributed by atoms with Crippen molar-refractivity contribution in [3.8, 4) is 5.75 Å². The lowest BCUT2D eigenvalue weighted by molar-refractivity contribution is 0.245. The summed E-state index contributed by atoms with van der Waals surface area (Å²) in [6.07, 6.45) is 7.85. The van der Waals surface area contributed by atoms with Gasteiger partial charge in [0.1, 0.15) is 11.6 Å². The highest BCUT2D eigenvalue weighted by molar-refractivity contribution is 5.20. The first-order valence-electron chi connectivity index (χ1n) is 6.14. The zero-order chi connectivity index (χ0) is 11.2. The molecule has 1 aliphatic carbocycles. The smallest absolute Gasteiger partial charge is 0.130 e. The molecule has 0 atom stereocenters. The predicted molar refractivity (Wildman–Crippen MR) is 61.9 cm³/mol. The van der Waals surface area contributed by atoms with Gasteiger partial charge in [0.25, 0.3) is 0 Å². The van der Waals surface area contributed by atoms with Crippen LogP contribution in [-0.2, 0) is 0 Å². The van der Waals surface area contributed by atoms with Gasteiger partial charge >= 0.3 is 0 Å². The second-order valence-corrected chi connectivity index (χ2v) is 4.51. The average Bonchev–Trinajstić information content (AvgIpc) is 2.30. The molecule has 2 rings (SSSR count). The van der Waals surface area contributed by atoms with Crippen LogP contribution < -0.4 is 4.74 Å². The summed E-state index contributed by atoms with van der Waals surface area (Å²) in [6, 6.07) is 7.22. The highest BCUT2D eigenvalue weighted by atomic mass is 19.1. The van der Waals surface area contributed by atoms with Crippen LogP contribution in [-0.4, -0.2) is 6.61 Å². The molecule has 0 aromatic heterocycles. The van der Waals surface area contributed by atoms with Crippen LogP contribution in [0.3, 0.4) is 0 Å². The molecule has 1 nitrogen and oxygen atoms in total. The SMILES string of the molecule is Fc1cc[c]c(OCCC2CCCCC2)c1. The van der Waals surface area contributed by atoms with Crippen LogP contribution in [0.5, 0.6) is 5.75 Å². The summed E-state index contributed by atoms with van der Waals surface area (Å²) in [6.45, 7) is 0.685. The fourth-order valence-corrected chi connectivity index (χ4v) is 2.31. The Kier molecular flexibility index (Phi) is 4.20. The molecule has 0 spiro atoms. The summed E-state index contributed by atoms with van der Waals surface area (Å²) in [4.78, 5) is 0. The lowest BCUT2D eigenvalue weighted by atomic mass is 9.87. The molecule has 0 heterocycles. The third kappa shape index (κ3) is 3.51. The van der Waals surface area contributed by atoms with Gasteiger partial charge in [0.2, 0.25) is 0 Å². The molecule has 16 heavy (non-hydrogen) atoms. The normalized spacial score (nSPS) is 17.3. The third-order valence-electron chi connectivity index (χ3n) is 3.25. The monoisotopic (exact) mass is 221 g/mol. The Labute approximate surface area is 96.6 Å². The standard InChI is InChI=1S/C14H18FO/c15-13-7-4-8-14(11-13)16-10-9-12-5-2-1-3-6-12/h4,7,11-12H,1-3,5-6,9-10H2. The Hall–Kier alpha value is -1.05. The van der Waals surface area contributed by atoms with E-state index in [-0.39, 0.29) is 5.82 Å². The van der Waals surface area contributed by atoms with Gasteiger partial charge in [-0.15, -0.1) is 0 Å². The number of benzene rings is 1. The van der Waals surface area contributed by atoms with Gasteiger partial charge in [0.15, 0.2) is 0 Å². The van der Waals surface area contributed by atoms with Crippen LogP contribution in [0.2, 0.25) is 0 Å². The minimum Gasteiger partial charge on any atom is -0.493 e. The molecule has 0 aliphatic heterocycles. The molecule has 0 amide bonds. The van der Waals surface area contributed by atoms with Gasteiger partial charge in [-0.3, -0.25) is 0 Å². The van der Waals surface area contributed by atoms with Crippen LogP contribution in [0, 0.1) is 17.8 Å². The molecule has 2 heteroatoms. The van der Waals surface area contributed by atoms with Crippen LogP contribution in [0.1, 0.15) is 38.5 Å². The van der Waals surface area contributed by atoms with Gasteiger partial charge < -0.3 is 4.74 Å². The average molecular weight is 221 g/mol. The second-order valence-electron chi connectivity index (χ2n) is 4.51. The molecule has 0 unspecified atom stereocenters. The van der Waals surface area contributed by atoms with Gasteiger partial charge in [-0.25, -0.2) is 4.39 Å². The molecule has 1 radical (unpaired) electrons. The summed E-state index contributed by atoms with van der Waals surface area (Å²) >= 11 is 0. The Bertz CT molecular complexity index is 318. The molecule has 1 aromatic rings. The van der Waals surface area contributed by atoms with E-state index in [2.05, 4.69) is 6.07 Å². The number of ether oxygens (including phenoxy) is 1. The molecule has 1 aromatic carbocycles. The number of hydrogen-bond donors (Lipinski definition) is 0. The zero-order valence-corrected chi connectivity index (χ0v) is 9.55. The summed E-state index contributed by atoms with van der Waals surface area (Å²) in [5, 5.41) is 0. The van der Waals surface area contributed by atoms with Crippen molar-refractivity contribution < 1.29 is 9.13 Å². The Morgan fingerprint density at radius 2 is 2.12 bits per heavy atom. The van der Waals surface area contributed by atoms with Gasteiger partial charge in [-0.2, -0.15) is 0 Å². The zero-order valence-electron chi connectivity index (χ0n) is 9.55. The van der Waals surface area contributed by atoms with Crippen LogP contribution >= 0.6 is 0 Å². The molecule has 87 valence electrons. The Balaban J connectivity index is 1.71. The van der Waals surface area contributed by atoms with Gasteiger partial charge in [-0.1, -0.05) is 32.1 Å². The first-order valence-corrected chi connectivity index (χ1v) is 6.14. The maximum Gasteiger partial charge on any atom is 0.130 e. The molecular weight excluding hydrogens is 203 g/mol. The molecular formula is C14H18FO. The van der Waals surface area contributed by atoms with E-state index in [4.69, 9.17) is 4.74 Å². The Morgan fingerprint density at radius 3 is 2.88 bits per heavy atom. The van der Waals surface area contributed by atoms with Crippen molar-refractivity contribution in [3.63, 3.8) is 0 Å². The van der Waals surface area contributed by atoms with E-state index in [1.165, 1.54) is 44.2 Å². The summed E-state index contributed by atoms with van der Waals surface area (Å²) < 4.78 is 18.3. The van der Waals surface area contributed by atoms with Gasteiger partial charge in [0, 0.05) is 12.1 Å². The number of rotatable bonds is 4. The van der Waals surface area contributed by atoms with E-state index in [0.29, 0.717) is 12.4 Å². The second kappa shape index (κ2) is 5.88. The maximum absolute atomic E-state index is 12.8. The minimum atomic E-state index is -0.258. The fraction of sp³-hybridized carbons (Fsp3) is 0.571. The summed E-state index contributed by atoms with van der Waals surface area (Å²) in [7, 11) is 0. The van der Waals surface area contributed by atoms with Crippen molar-refractivity contribution in [1.82, 2.24) is 0 Å². The first kappa shape index (κ1) is 11.4. The predicted octanol–water partition coefficient (Wildman–Crippen LogP) is 3.98. The van der Waals surface area contributed by atoms with E-state index in [9.17, 15) is 4.39 Å². The van der Waals surface area contributed by atoms with Gasteiger partial charge in [-0.05, 0) is 24.5 Å². The molecule has 1 saturated carbocycles. The van der Waals surface area contributed by atoms with E-state index in [1.54, 1.807) is 6.07 Å². The molecule has 0 saturated heterocycles. The van der Waals surface area contributed by atoms with E-state index < -0.39 is 0 Å². The van der Waals surface area contributed by atoms with Crippen molar-refractivity contribution in [2.45, 2.75) is 38.5 Å². The van der Waals surface area contributed by atoms with Crippen molar-refractivity contribution >= 4 is 0 Å². The summed E-state index contributed by atoms with van der Waals surface area (Å²) in [5.41, 5.74) is 0. The van der Waals surface area contributed by atoms with Gasteiger partial charge in [0.05, 0.1) is 6.61 Å². The first-order chi connectivity index (χ1) is 7.84. The van der Waals surface area contributed by atoms with Crippen molar-refractivity contribution in [1.29, 1.82) is 0 Å². The molecule has 1 fully saturated rings. The van der Waals surface area contributed by atoms with Crippen molar-refractivity contribution in [2.24, 2.45) is 5.92 Å². The fourth-order valence-electron chi connectivity index (χ4n) is 2.31. The Morgan fingerprint density at radius 1 is 1.31 bits per heavy atom. The minimum absolute atomic E-state index is 0.258. The lowest BCUT2D eigenvalue weighted by Crippen LogP contribution is -2.10. The molecule has 0 bridgehead atoms. The van der Waals surface area contributed by atoms with E-state index >= 15 is 0 Å². The van der Waals surface area contributed by atoms with E-state index in [0.717, 1.165) is 12.3 Å². The largest absolute Gasteiger partial charge is 0.493 e. The van der Waals surface area contributed by atoms with Crippen LogP contribution in [0.4, 0.5) is 4.39 Å². The van der Waals surface area contributed by atoms with Crippen LogP contribution in [0.25, 0.3) is 0 Å². The third-order valence-corrected chi connectivity index (χ3v) is 3.25. The lowest BCUT2D eigenvalue weighted by Gasteiger charge is -2.21. The molecule has 0 N–H and O–H groups in total. The highest BCUT2D eigenvalue weighted by Crippen LogP contribution is 2.26. The number of hydrogen-bond acceptors (Lipinski definition) is 1. The van der Waals surface area contributed by atoms with Crippen molar-refractivity contribution in [2.75, 3.05) is 6.61 Å². The van der Waals surface area contributed by atoms with E-state index in [1.807, 2.05) is 0 Å². The quantitative estimate of drug-likeness (QED) is 0.747. The summed E-state index contributed by atoms with van der Waals surface area (Å²) in [5.74, 6) is 1.07.